The van der Waals surface area contributed by atoms with Crippen LogP contribution in [0.1, 0.15) is 42.3 Å². The Morgan fingerprint density at radius 2 is 1.55 bits per heavy atom. The second-order valence-electron chi connectivity index (χ2n) is 7.32. The predicted octanol–water partition coefficient (Wildman–Crippen LogP) is 5.09. The van der Waals surface area contributed by atoms with Gasteiger partial charge in [0, 0.05) is 5.56 Å². The van der Waals surface area contributed by atoms with Crippen LogP contribution in [0.2, 0.25) is 0 Å². The minimum atomic E-state index is -0.788. The Morgan fingerprint density at radius 3 is 2.14 bits per heavy atom. The molecule has 0 N–H and O–H groups in total. The van der Waals surface area contributed by atoms with E-state index >= 15 is 0 Å². The predicted molar refractivity (Wildman–Crippen MR) is 110 cm³/mol. The number of ether oxygens (including phenoxy) is 2. The highest BCUT2D eigenvalue weighted by molar-refractivity contribution is 5.88. The van der Waals surface area contributed by atoms with E-state index in [0.29, 0.717) is 5.56 Å². The summed E-state index contributed by atoms with van der Waals surface area (Å²) in [6, 6.07) is 16.1. The van der Waals surface area contributed by atoms with Crippen molar-refractivity contribution in [1.82, 2.24) is 4.90 Å². The Labute approximate surface area is 170 Å². The van der Waals surface area contributed by atoms with Crippen molar-refractivity contribution in [2.24, 2.45) is 0 Å². The molecule has 6 heteroatoms. The van der Waals surface area contributed by atoms with Crippen molar-refractivity contribution in [3.8, 4) is 0 Å². The van der Waals surface area contributed by atoms with E-state index in [9.17, 15) is 14.4 Å². The third kappa shape index (κ3) is 7.62. The zero-order valence-electron chi connectivity index (χ0n) is 16.8. The standard InChI is InChI=1S/C23H25NO5/c1-23(2,3)29-22(27)24(21(26)28-17-20-8-5-4-6-9-20)15-7-10-18-11-13-19(16-25)14-12-18/h4-14,16H,15,17H2,1-3H3/b10-7+. The maximum absolute atomic E-state index is 12.5. The molecule has 152 valence electrons. The number of hydrogen-bond acceptors (Lipinski definition) is 5. The molecule has 2 aromatic carbocycles. The zero-order valence-corrected chi connectivity index (χ0v) is 16.8. The average molecular weight is 395 g/mol. The Morgan fingerprint density at radius 1 is 0.931 bits per heavy atom. The van der Waals surface area contributed by atoms with Crippen molar-refractivity contribution >= 4 is 24.5 Å². The molecule has 0 unspecified atom stereocenters. The summed E-state index contributed by atoms with van der Waals surface area (Å²) >= 11 is 0. The van der Waals surface area contributed by atoms with E-state index in [1.165, 1.54) is 0 Å². The molecule has 0 aromatic heterocycles. The quantitative estimate of drug-likeness (QED) is 0.637. The fourth-order valence-electron chi connectivity index (χ4n) is 2.32. The van der Waals surface area contributed by atoms with Crippen LogP contribution < -0.4 is 0 Å². The first-order chi connectivity index (χ1) is 13.8. The largest absolute Gasteiger partial charge is 0.444 e. The summed E-state index contributed by atoms with van der Waals surface area (Å²) in [6.45, 7) is 5.21. The van der Waals surface area contributed by atoms with Gasteiger partial charge in [-0.1, -0.05) is 66.7 Å². The topological polar surface area (TPSA) is 72.9 Å². The number of carbonyl (C=O) groups is 3. The monoisotopic (exact) mass is 395 g/mol. The molecule has 0 heterocycles. The molecule has 0 aliphatic rings. The fourth-order valence-corrected chi connectivity index (χ4v) is 2.32. The number of aldehydes is 1. The van der Waals surface area contributed by atoms with Gasteiger partial charge >= 0.3 is 12.2 Å². The maximum Gasteiger partial charge on any atom is 0.420 e. The summed E-state index contributed by atoms with van der Waals surface area (Å²) in [6.07, 6.45) is 2.60. The molecule has 2 aromatic rings. The number of hydrogen-bond donors (Lipinski definition) is 0. The van der Waals surface area contributed by atoms with Crippen LogP contribution in [-0.2, 0) is 16.1 Å². The van der Waals surface area contributed by atoms with Gasteiger partial charge in [0.05, 0.1) is 6.54 Å². The molecule has 0 saturated heterocycles. The molecule has 0 aliphatic carbocycles. The third-order valence-electron chi connectivity index (χ3n) is 3.71. The summed E-state index contributed by atoms with van der Waals surface area (Å²) in [7, 11) is 0. The smallest absolute Gasteiger partial charge is 0.420 e. The van der Waals surface area contributed by atoms with Crippen molar-refractivity contribution in [1.29, 1.82) is 0 Å². The van der Waals surface area contributed by atoms with Crippen molar-refractivity contribution in [3.63, 3.8) is 0 Å². The molecule has 29 heavy (non-hydrogen) atoms. The average Bonchev–Trinajstić information content (AvgIpc) is 2.69. The molecule has 0 atom stereocenters. The Hall–Kier alpha value is -3.41. The van der Waals surface area contributed by atoms with Crippen LogP contribution in [0.4, 0.5) is 9.59 Å². The number of amides is 2. The van der Waals surface area contributed by atoms with E-state index in [1.54, 1.807) is 57.2 Å². The van der Waals surface area contributed by atoms with Crippen LogP contribution in [0.5, 0.6) is 0 Å². The minimum Gasteiger partial charge on any atom is -0.444 e. The number of carbonyl (C=O) groups excluding carboxylic acids is 3. The van der Waals surface area contributed by atoms with E-state index in [1.807, 2.05) is 30.3 Å². The molecule has 0 saturated carbocycles. The lowest BCUT2D eigenvalue weighted by Crippen LogP contribution is -2.41. The lowest BCUT2D eigenvalue weighted by molar-refractivity contribution is 0.0231. The van der Waals surface area contributed by atoms with E-state index in [2.05, 4.69) is 0 Å². The molecular weight excluding hydrogens is 370 g/mol. The first-order valence-corrected chi connectivity index (χ1v) is 9.21. The molecule has 2 amide bonds. The first kappa shape index (κ1) is 21.9. The molecule has 0 bridgehead atoms. The van der Waals surface area contributed by atoms with Crippen molar-refractivity contribution in [2.45, 2.75) is 33.0 Å². The molecule has 2 rings (SSSR count). The van der Waals surface area contributed by atoms with E-state index < -0.39 is 17.8 Å². The van der Waals surface area contributed by atoms with Gasteiger partial charge < -0.3 is 9.47 Å². The summed E-state index contributed by atoms with van der Waals surface area (Å²) in [5.74, 6) is 0. The summed E-state index contributed by atoms with van der Waals surface area (Å²) in [5.41, 5.74) is 1.47. The molecular formula is C23H25NO5. The molecule has 0 spiro atoms. The van der Waals surface area contributed by atoms with Gasteiger partial charge in [-0.25, -0.2) is 14.5 Å². The van der Waals surface area contributed by atoms with Crippen molar-refractivity contribution in [3.05, 3.63) is 77.4 Å². The van der Waals surface area contributed by atoms with Gasteiger partial charge in [-0.2, -0.15) is 0 Å². The van der Waals surface area contributed by atoms with Crippen LogP contribution in [0.25, 0.3) is 6.08 Å². The first-order valence-electron chi connectivity index (χ1n) is 9.21. The SMILES string of the molecule is CC(C)(C)OC(=O)N(C/C=C/c1ccc(C=O)cc1)C(=O)OCc1ccccc1. The molecule has 0 aliphatic heterocycles. The lowest BCUT2D eigenvalue weighted by atomic mass is 10.1. The number of imide groups is 1. The number of rotatable bonds is 6. The molecule has 0 radical (unpaired) electrons. The third-order valence-corrected chi connectivity index (χ3v) is 3.71. The number of benzene rings is 2. The van der Waals surface area contributed by atoms with E-state index in [-0.39, 0.29) is 13.2 Å². The van der Waals surface area contributed by atoms with Gasteiger partial charge in [0.1, 0.15) is 18.5 Å². The van der Waals surface area contributed by atoms with Crippen LogP contribution in [-0.4, -0.2) is 35.5 Å². The minimum absolute atomic E-state index is 0.0159. The molecule has 6 nitrogen and oxygen atoms in total. The van der Waals surface area contributed by atoms with Gasteiger partial charge in [-0.3, -0.25) is 4.79 Å². The van der Waals surface area contributed by atoms with E-state index in [0.717, 1.165) is 22.3 Å². The van der Waals surface area contributed by atoms with Crippen LogP contribution in [0.15, 0.2) is 60.7 Å². The number of nitrogens with zero attached hydrogens (tertiary/aromatic N) is 1. The van der Waals surface area contributed by atoms with Gasteiger partial charge in [-0.05, 0) is 31.9 Å². The lowest BCUT2D eigenvalue weighted by Gasteiger charge is -2.25. The summed E-state index contributed by atoms with van der Waals surface area (Å²) in [4.78, 5) is 36.6. The highest BCUT2D eigenvalue weighted by Crippen LogP contribution is 2.12. The van der Waals surface area contributed by atoms with Crippen LogP contribution in [0.3, 0.4) is 0 Å². The highest BCUT2D eigenvalue weighted by atomic mass is 16.6. The Kier molecular flexibility index (Phi) is 7.71. The van der Waals surface area contributed by atoms with Crippen LogP contribution >= 0.6 is 0 Å². The van der Waals surface area contributed by atoms with Crippen LogP contribution in [0, 0.1) is 0 Å². The van der Waals surface area contributed by atoms with Crippen molar-refractivity contribution in [2.75, 3.05) is 6.54 Å². The van der Waals surface area contributed by atoms with Gasteiger partial charge in [0.2, 0.25) is 0 Å². The van der Waals surface area contributed by atoms with E-state index in [4.69, 9.17) is 9.47 Å². The second-order valence-corrected chi connectivity index (χ2v) is 7.32. The van der Waals surface area contributed by atoms with Gasteiger partial charge in [0.15, 0.2) is 0 Å². The maximum atomic E-state index is 12.5. The molecule has 0 fully saturated rings. The fraction of sp³-hybridized carbons (Fsp3) is 0.261. The van der Waals surface area contributed by atoms with Gasteiger partial charge in [0.25, 0.3) is 0 Å². The van der Waals surface area contributed by atoms with Gasteiger partial charge in [-0.15, -0.1) is 0 Å². The Bertz CT molecular complexity index is 851. The zero-order chi connectivity index (χ0) is 21.3. The van der Waals surface area contributed by atoms with Crippen molar-refractivity contribution < 1.29 is 23.9 Å². The Balaban J connectivity index is 2.06. The summed E-state index contributed by atoms with van der Waals surface area (Å²) in [5, 5.41) is 0. The normalized spacial score (nSPS) is 11.1. The summed E-state index contributed by atoms with van der Waals surface area (Å²) < 4.78 is 10.6. The second kappa shape index (κ2) is 10.2. The highest BCUT2D eigenvalue weighted by Gasteiger charge is 2.27.